The zero-order valence-electron chi connectivity index (χ0n) is 13.7. The molecule has 1 heterocycles. The van der Waals surface area contributed by atoms with Crippen molar-refractivity contribution in [3.63, 3.8) is 0 Å². The largest absolute Gasteiger partial charge is 0.444 e. The van der Waals surface area contributed by atoms with Crippen LogP contribution in [0.25, 0.3) is 0 Å². The van der Waals surface area contributed by atoms with Crippen molar-refractivity contribution in [2.24, 2.45) is 0 Å². The molecule has 0 unspecified atom stereocenters. The highest BCUT2D eigenvalue weighted by atomic mass is 16.6. The van der Waals surface area contributed by atoms with Gasteiger partial charge in [-0.15, -0.1) is 0 Å². The molecule has 1 aromatic carbocycles. The highest BCUT2D eigenvalue weighted by Crippen LogP contribution is 2.19. The second kappa shape index (κ2) is 6.38. The minimum absolute atomic E-state index is 0.0408. The summed E-state index contributed by atoms with van der Waals surface area (Å²) in [7, 11) is 1.77. The molecule has 1 atom stereocenters. The predicted molar refractivity (Wildman–Crippen MR) is 84.5 cm³/mol. The summed E-state index contributed by atoms with van der Waals surface area (Å²) in [5.41, 5.74) is 0.463. The number of benzene rings is 1. The summed E-state index contributed by atoms with van der Waals surface area (Å²) in [5, 5.41) is 0. The van der Waals surface area contributed by atoms with Gasteiger partial charge < -0.3 is 9.64 Å². The standard InChI is InChI=1S/C17H24N2O3/c1-17(2,3)22-16(21)19-11-10-18(4)15(20)14(19)12-13-8-6-5-7-9-13/h5-9,14H,10-12H2,1-4H3/t14-/m1/s1. The van der Waals surface area contributed by atoms with Crippen LogP contribution in [0.2, 0.25) is 0 Å². The third-order valence-electron chi connectivity index (χ3n) is 3.61. The summed E-state index contributed by atoms with van der Waals surface area (Å²) in [6.07, 6.45) is 0.0818. The molecule has 0 N–H and O–H groups in total. The molecule has 1 aromatic rings. The number of rotatable bonds is 2. The second-order valence-electron chi connectivity index (χ2n) is 6.64. The minimum Gasteiger partial charge on any atom is -0.444 e. The van der Waals surface area contributed by atoms with E-state index < -0.39 is 17.7 Å². The molecule has 1 aliphatic rings. The first-order valence-corrected chi connectivity index (χ1v) is 7.56. The first kappa shape index (κ1) is 16.3. The first-order valence-electron chi connectivity index (χ1n) is 7.56. The minimum atomic E-state index is -0.569. The Morgan fingerprint density at radius 1 is 1.23 bits per heavy atom. The van der Waals surface area contributed by atoms with Crippen molar-refractivity contribution in [1.29, 1.82) is 0 Å². The van der Waals surface area contributed by atoms with Crippen LogP contribution in [0.3, 0.4) is 0 Å². The van der Waals surface area contributed by atoms with Gasteiger partial charge in [-0.2, -0.15) is 0 Å². The van der Waals surface area contributed by atoms with Gasteiger partial charge in [-0.3, -0.25) is 9.69 Å². The molecule has 0 aliphatic carbocycles. The highest BCUT2D eigenvalue weighted by molar-refractivity contribution is 5.87. The number of amides is 2. The van der Waals surface area contributed by atoms with Crippen molar-refractivity contribution < 1.29 is 14.3 Å². The SMILES string of the molecule is CN1CCN(C(=O)OC(C)(C)C)[C@H](Cc2ccccc2)C1=O. The summed E-state index contributed by atoms with van der Waals surface area (Å²) in [5.74, 6) is -0.0408. The molecule has 1 saturated heterocycles. The lowest BCUT2D eigenvalue weighted by molar-refractivity contribution is -0.139. The maximum Gasteiger partial charge on any atom is 0.411 e. The van der Waals surface area contributed by atoms with Gasteiger partial charge in [0.2, 0.25) is 5.91 Å². The van der Waals surface area contributed by atoms with Crippen molar-refractivity contribution in [3.8, 4) is 0 Å². The van der Waals surface area contributed by atoms with Gasteiger partial charge in [0.05, 0.1) is 0 Å². The second-order valence-corrected chi connectivity index (χ2v) is 6.64. The van der Waals surface area contributed by atoms with Crippen LogP contribution in [0.1, 0.15) is 26.3 Å². The maximum absolute atomic E-state index is 12.5. The zero-order chi connectivity index (χ0) is 16.3. The molecule has 22 heavy (non-hydrogen) atoms. The number of ether oxygens (including phenoxy) is 1. The van der Waals surface area contributed by atoms with Crippen molar-refractivity contribution >= 4 is 12.0 Å². The van der Waals surface area contributed by atoms with E-state index in [-0.39, 0.29) is 5.91 Å². The molecule has 120 valence electrons. The molecule has 0 bridgehead atoms. The van der Waals surface area contributed by atoms with E-state index in [4.69, 9.17) is 4.74 Å². The van der Waals surface area contributed by atoms with Gasteiger partial charge in [0.1, 0.15) is 11.6 Å². The lowest BCUT2D eigenvalue weighted by atomic mass is 10.0. The number of hydrogen-bond acceptors (Lipinski definition) is 3. The average Bonchev–Trinajstić information content (AvgIpc) is 2.43. The zero-order valence-corrected chi connectivity index (χ0v) is 13.7. The normalized spacial score (nSPS) is 19.3. The Bertz CT molecular complexity index is 537. The van der Waals surface area contributed by atoms with Crippen molar-refractivity contribution in [1.82, 2.24) is 9.80 Å². The van der Waals surface area contributed by atoms with Crippen LogP contribution in [0, 0.1) is 0 Å². The van der Waals surface area contributed by atoms with E-state index >= 15 is 0 Å². The van der Waals surface area contributed by atoms with Crippen molar-refractivity contribution in [2.75, 3.05) is 20.1 Å². The Morgan fingerprint density at radius 3 is 2.45 bits per heavy atom. The molecule has 1 aliphatic heterocycles. The lowest BCUT2D eigenvalue weighted by Gasteiger charge is -2.39. The van der Waals surface area contributed by atoms with Gasteiger partial charge in [0.25, 0.3) is 0 Å². The van der Waals surface area contributed by atoms with Crippen LogP contribution < -0.4 is 0 Å². The number of carbonyl (C=O) groups is 2. The summed E-state index contributed by atoms with van der Waals surface area (Å²) < 4.78 is 5.44. The fourth-order valence-electron chi connectivity index (χ4n) is 2.49. The van der Waals surface area contributed by atoms with Crippen LogP contribution >= 0.6 is 0 Å². The van der Waals surface area contributed by atoms with E-state index in [0.29, 0.717) is 19.5 Å². The molecule has 2 rings (SSSR count). The molecule has 1 fully saturated rings. The molecular weight excluding hydrogens is 280 g/mol. The Kier molecular flexibility index (Phi) is 4.74. The summed E-state index contributed by atoms with van der Waals surface area (Å²) in [6, 6.07) is 9.23. The van der Waals surface area contributed by atoms with E-state index in [9.17, 15) is 9.59 Å². The fraction of sp³-hybridized carbons (Fsp3) is 0.529. The number of likely N-dealkylation sites (N-methyl/N-ethyl adjacent to an activating group) is 1. The summed E-state index contributed by atoms with van der Waals surface area (Å²) in [6.45, 7) is 6.51. The lowest BCUT2D eigenvalue weighted by Crippen LogP contribution is -2.59. The number of hydrogen-bond donors (Lipinski definition) is 0. The Morgan fingerprint density at radius 2 is 1.86 bits per heavy atom. The van der Waals surface area contributed by atoms with Gasteiger partial charge in [-0.25, -0.2) is 4.79 Å². The van der Waals surface area contributed by atoms with Crippen LogP contribution in [-0.4, -0.2) is 53.6 Å². The molecule has 0 saturated carbocycles. The molecule has 0 aromatic heterocycles. The van der Waals surface area contributed by atoms with Crippen LogP contribution in [0.15, 0.2) is 30.3 Å². The predicted octanol–water partition coefficient (Wildman–Crippen LogP) is 2.31. The Balaban J connectivity index is 2.19. The van der Waals surface area contributed by atoms with Gasteiger partial charge >= 0.3 is 6.09 Å². The van der Waals surface area contributed by atoms with Crippen LogP contribution in [0.5, 0.6) is 0 Å². The molecule has 2 amide bonds. The maximum atomic E-state index is 12.5. The molecule has 0 spiro atoms. The first-order chi connectivity index (χ1) is 10.3. The highest BCUT2D eigenvalue weighted by Gasteiger charge is 2.37. The van der Waals surface area contributed by atoms with E-state index in [0.717, 1.165) is 5.56 Å². The van der Waals surface area contributed by atoms with E-state index in [1.807, 2.05) is 51.1 Å². The number of piperazine rings is 1. The van der Waals surface area contributed by atoms with Crippen LogP contribution in [-0.2, 0) is 16.0 Å². The third-order valence-corrected chi connectivity index (χ3v) is 3.61. The van der Waals surface area contributed by atoms with Crippen LogP contribution in [0.4, 0.5) is 4.79 Å². The quantitative estimate of drug-likeness (QED) is 0.842. The van der Waals surface area contributed by atoms with Gasteiger partial charge in [-0.05, 0) is 26.3 Å². The Hall–Kier alpha value is -2.04. The number of nitrogens with zero attached hydrogens (tertiary/aromatic N) is 2. The molecule has 0 radical (unpaired) electrons. The Labute approximate surface area is 131 Å². The smallest absolute Gasteiger partial charge is 0.411 e. The molecule has 5 nitrogen and oxygen atoms in total. The monoisotopic (exact) mass is 304 g/mol. The summed E-state index contributed by atoms with van der Waals surface area (Å²) >= 11 is 0. The average molecular weight is 304 g/mol. The number of carbonyl (C=O) groups excluding carboxylic acids is 2. The van der Waals surface area contributed by atoms with Gasteiger partial charge in [0, 0.05) is 26.6 Å². The van der Waals surface area contributed by atoms with E-state index in [1.165, 1.54) is 0 Å². The fourth-order valence-corrected chi connectivity index (χ4v) is 2.49. The topological polar surface area (TPSA) is 49.9 Å². The molecule has 5 heteroatoms. The van der Waals surface area contributed by atoms with Gasteiger partial charge in [-0.1, -0.05) is 30.3 Å². The summed E-state index contributed by atoms with van der Waals surface area (Å²) in [4.78, 5) is 28.1. The van der Waals surface area contributed by atoms with E-state index in [1.54, 1.807) is 16.8 Å². The third kappa shape index (κ3) is 4.00. The van der Waals surface area contributed by atoms with E-state index in [2.05, 4.69) is 0 Å². The van der Waals surface area contributed by atoms with Gasteiger partial charge in [0.15, 0.2) is 0 Å². The molecular formula is C17H24N2O3. The van der Waals surface area contributed by atoms with Crippen molar-refractivity contribution in [3.05, 3.63) is 35.9 Å². The van der Waals surface area contributed by atoms with Crippen molar-refractivity contribution in [2.45, 2.75) is 38.8 Å².